The van der Waals surface area contributed by atoms with Crippen molar-refractivity contribution in [2.75, 3.05) is 13.6 Å². The molecule has 0 fully saturated rings. The van der Waals surface area contributed by atoms with Crippen molar-refractivity contribution in [3.63, 3.8) is 0 Å². The van der Waals surface area contributed by atoms with Gasteiger partial charge in [0.15, 0.2) is 0 Å². The van der Waals surface area contributed by atoms with E-state index in [9.17, 15) is 0 Å². The fourth-order valence-electron chi connectivity index (χ4n) is 2.29. The summed E-state index contributed by atoms with van der Waals surface area (Å²) < 4.78 is 2.20. The molecule has 2 N–H and O–H groups in total. The molecule has 0 spiro atoms. The van der Waals surface area contributed by atoms with Crippen molar-refractivity contribution >= 4 is 31.9 Å². The first-order chi connectivity index (χ1) is 9.60. The van der Waals surface area contributed by atoms with Crippen molar-refractivity contribution in [3.8, 4) is 0 Å². The maximum Gasteiger partial charge on any atom is 0.0470 e. The van der Waals surface area contributed by atoms with Crippen LogP contribution in [0.4, 0.5) is 0 Å². The van der Waals surface area contributed by atoms with Crippen LogP contribution in [0.3, 0.4) is 0 Å². The number of nitrogens with zero attached hydrogens (tertiary/aromatic N) is 1. The maximum absolute atomic E-state index is 5.96. The van der Waals surface area contributed by atoms with Gasteiger partial charge in [0, 0.05) is 28.1 Å². The first kappa shape index (κ1) is 15.7. The van der Waals surface area contributed by atoms with E-state index in [0.717, 1.165) is 15.5 Å². The van der Waals surface area contributed by atoms with Crippen LogP contribution in [0.2, 0.25) is 0 Å². The molecule has 4 heteroatoms. The van der Waals surface area contributed by atoms with E-state index < -0.39 is 0 Å². The van der Waals surface area contributed by atoms with Gasteiger partial charge in [0.2, 0.25) is 0 Å². The highest BCUT2D eigenvalue weighted by Crippen LogP contribution is 2.23. The molecular formula is C16H18Br2N2. The van der Waals surface area contributed by atoms with Gasteiger partial charge in [0.1, 0.15) is 0 Å². The quantitative estimate of drug-likeness (QED) is 0.812. The number of hydrogen-bond acceptors (Lipinski definition) is 2. The van der Waals surface area contributed by atoms with E-state index in [1.807, 2.05) is 6.07 Å². The van der Waals surface area contributed by atoms with Crippen molar-refractivity contribution in [2.24, 2.45) is 5.73 Å². The minimum atomic E-state index is 0.224. The average Bonchev–Trinajstić information content (AvgIpc) is 2.42. The van der Waals surface area contributed by atoms with Crippen molar-refractivity contribution in [1.82, 2.24) is 4.90 Å². The topological polar surface area (TPSA) is 29.3 Å². The third-order valence-electron chi connectivity index (χ3n) is 3.33. The molecule has 2 nitrogen and oxygen atoms in total. The van der Waals surface area contributed by atoms with Gasteiger partial charge in [-0.15, -0.1) is 0 Å². The zero-order valence-corrected chi connectivity index (χ0v) is 14.6. The summed E-state index contributed by atoms with van der Waals surface area (Å²) in [6, 6.07) is 17.0. The van der Waals surface area contributed by atoms with Crippen molar-refractivity contribution in [1.29, 1.82) is 0 Å². The van der Waals surface area contributed by atoms with E-state index in [1.54, 1.807) is 0 Å². The predicted molar refractivity (Wildman–Crippen MR) is 91.5 cm³/mol. The zero-order chi connectivity index (χ0) is 14.5. The highest BCUT2D eigenvalue weighted by Gasteiger charge is 2.15. The Morgan fingerprint density at radius 3 is 2.35 bits per heavy atom. The van der Waals surface area contributed by atoms with Gasteiger partial charge >= 0.3 is 0 Å². The monoisotopic (exact) mass is 396 g/mol. The van der Waals surface area contributed by atoms with Gasteiger partial charge in [-0.3, -0.25) is 4.90 Å². The van der Waals surface area contributed by atoms with E-state index in [0.29, 0.717) is 6.54 Å². The second-order valence-corrected chi connectivity index (χ2v) is 6.68. The van der Waals surface area contributed by atoms with Gasteiger partial charge in [-0.05, 0) is 42.4 Å². The van der Waals surface area contributed by atoms with Crippen LogP contribution >= 0.6 is 31.9 Å². The Balaban J connectivity index is 2.13. The normalized spacial score (nSPS) is 12.7. The summed E-state index contributed by atoms with van der Waals surface area (Å²) in [6.45, 7) is 1.48. The van der Waals surface area contributed by atoms with Crippen LogP contribution in [-0.4, -0.2) is 18.5 Å². The molecule has 0 bridgehead atoms. The lowest BCUT2D eigenvalue weighted by atomic mass is 10.1. The third-order valence-corrected chi connectivity index (χ3v) is 4.35. The Bertz CT molecular complexity index is 555. The van der Waals surface area contributed by atoms with Gasteiger partial charge in [-0.2, -0.15) is 0 Å². The number of halogens is 2. The van der Waals surface area contributed by atoms with Gasteiger partial charge in [0.25, 0.3) is 0 Å². The highest BCUT2D eigenvalue weighted by molar-refractivity contribution is 9.10. The van der Waals surface area contributed by atoms with Crippen LogP contribution in [0.1, 0.15) is 17.2 Å². The molecule has 0 aromatic heterocycles. The number of rotatable bonds is 5. The second kappa shape index (κ2) is 7.36. The van der Waals surface area contributed by atoms with Crippen LogP contribution in [0.5, 0.6) is 0 Å². The molecule has 1 unspecified atom stereocenters. The van der Waals surface area contributed by atoms with E-state index in [-0.39, 0.29) is 6.04 Å². The molecule has 0 aliphatic carbocycles. The molecule has 0 radical (unpaired) electrons. The molecule has 0 saturated carbocycles. The smallest absolute Gasteiger partial charge is 0.0470 e. The number of likely N-dealkylation sites (N-methyl/N-ethyl adjacent to an activating group) is 1. The maximum atomic E-state index is 5.96. The molecule has 0 heterocycles. The Morgan fingerprint density at radius 2 is 1.75 bits per heavy atom. The van der Waals surface area contributed by atoms with E-state index in [1.165, 1.54) is 11.1 Å². The number of nitrogens with two attached hydrogens (primary N) is 1. The number of benzene rings is 2. The molecule has 106 valence electrons. The standard InChI is InChI=1S/C16H18Br2N2/c1-20(11-12-3-2-4-15(18)9-12)16(10-19)13-5-7-14(17)8-6-13/h2-9,16H,10-11,19H2,1H3. The van der Waals surface area contributed by atoms with Gasteiger partial charge < -0.3 is 5.73 Å². The summed E-state index contributed by atoms with van der Waals surface area (Å²) in [7, 11) is 2.11. The molecule has 2 aromatic carbocycles. The van der Waals surface area contributed by atoms with Crippen LogP contribution in [0.15, 0.2) is 57.5 Å². The van der Waals surface area contributed by atoms with Crippen molar-refractivity contribution < 1.29 is 0 Å². The molecule has 1 atom stereocenters. The third kappa shape index (κ3) is 4.16. The molecule has 2 aromatic rings. The summed E-state index contributed by atoms with van der Waals surface area (Å²) in [5.74, 6) is 0. The Morgan fingerprint density at radius 1 is 1.05 bits per heavy atom. The summed E-state index contributed by atoms with van der Waals surface area (Å²) in [6.07, 6.45) is 0. The summed E-state index contributed by atoms with van der Waals surface area (Å²) in [5, 5.41) is 0. The van der Waals surface area contributed by atoms with Gasteiger partial charge in [-0.25, -0.2) is 0 Å². The highest BCUT2D eigenvalue weighted by atomic mass is 79.9. The molecule has 0 aliphatic heterocycles. The molecule has 0 saturated heterocycles. The minimum Gasteiger partial charge on any atom is -0.329 e. The van der Waals surface area contributed by atoms with Gasteiger partial charge in [0.05, 0.1) is 0 Å². The Labute approximate surface area is 137 Å². The predicted octanol–water partition coefficient (Wildman–Crippen LogP) is 4.34. The fraction of sp³-hybridized carbons (Fsp3) is 0.250. The van der Waals surface area contributed by atoms with E-state index in [2.05, 4.69) is 86.3 Å². The fourth-order valence-corrected chi connectivity index (χ4v) is 3.00. The summed E-state index contributed by atoms with van der Waals surface area (Å²) in [4.78, 5) is 2.28. The van der Waals surface area contributed by atoms with Crippen molar-refractivity contribution in [2.45, 2.75) is 12.6 Å². The molecule has 0 amide bonds. The average molecular weight is 398 g/mol. The van der Waals surface area contributed by atoms with Gasteiger partial charge in [-0.1, -0.05) is 56.1 Å². The van der Waals surface area contributed by atoms with Crippen LogP contribution in [0.25, 0.3) is 0 Å². The molecule has 2 rings (SSSR count). The van der Waals surface area contributed by atoms with Crippen LogP contribution in [-0.2, 0) is 6.54 Å². The Hall–Kier alpha value is -0.680. The molecular weight excluding hydrogens is 380 g/mol. The lowest BCUT2D eigenvalue weighted by molar-refractivity contribution is 0.242. The summed E-state index contributed by atoms with van der Waals surface area (Å²) >= 11 is 6.98. The largest absolute Gasteiger partial charge is 0.329 e. The number of hydrogen-bond donors (Lipinski definition) is 1. The molecule has 20 heavy (non-hydrogen) atoms. The second-order valence-electron chi connectivity index (χ2n) is 4.85. The lowest BCUT2D eigenvalue weighted by Gasteiger charge is -2.27. The van der Waals surface area contributed by atoms with Crippen LogP contribution < -0.4 is 5.73 Å². The van der Waals surface area contributed by atoms with E-state index in [4.69, 9.17) is 5.73 Å². The molecule has 0 aliphatic rings. The first-order valence-electron chi connectivity index (χ1n) is 6.50. The van der Waals surface area contributed by atoms with Crippen LogP contribution in [0, 0.1) is 0 Å². The lowest BCUT2D eigenvalue weighted by Crippen LogP contribution is -2.30. The minimum absolute atomic E-state index is 0.224. The van der Waals surface area contributed by atoms with Crippen molar-refractivity contribution in [3.05, 3.63) is 68.6 Å². The first-order valence-corrected chi connectivity index (χ1v) is 8.09. The summed E-state index contributed by atoms with van der Waals surface area (Å²) in [5.41, 5.74) is 8.48. The zero-order valence-electron chi connectivity index (χ0n) is 11.4. The Kier molecular flexibility index (Phi) is 5.78. The SMILES string of the molecule is CN(Cc1cccc(Br)c1)C(CN)c1ccc(Br)cc1. The van der Waals surface area contributed by atoms with E-state index >= 15 is 0 Å².